The second-order valence-corrected chi connectivity index (χ2v) is 7.39. The average molecular weight is 422 g/mol. The Labute approximate surface area is 173 Å². The molecule has 0 atom stereocenters. The van der Waals surface area contributed by atoms with Gasteiger partial charge in [-0.25, -0.2) is 4.98 Å². The fourth-order valence-electron chi connectivity index (χ4n) is 2.82. The van der Waals surface area contributed by atoms with Gasteiger partial charge in [0.05, 0.1) is 29.0 Å². The van der Waals surface area contributed by atoms with E-state index in [4.69, 9.17) is 23.2 Å². The second-order valence-electron chi connectivity index (χ2n) is 6.55. The molecule has 0 radical (unpaired) electrons. The molecular weight excluding hydrogens is 401 g/mol. The van der Waals surface area contributed by atoms with E-state index >= 15 is 0 Å². The summed E-state index contributed by atoms with van der Waals surface area (Å²) in [5.74, 6) is 0.0877. The van der Waals surface area contributed by atoms with Crippen LogP contribution in [0.25, 0.3) is 0 Å². The van der Waals surface area contributed by atoms with E-state index < -0.39 is 5.91 Å². The van der Waals surface area contributed by atoms with Crippen LogP contribution in [0.1, 0.15) is 10.4 Å². The highest BCUT2D eigenvalue weighted by atomic mass is 35.5. The minimum Gasteiger partial charge on any atom is -0.354 e. The summed E-state index contributed by atoms with van der Waals surface area (Å²) in [6, 6.07) is 8.24. The van der Waals surface area contributed by atoms with Gasteiger partial charge in [0.1, 0.15) is 5.82 Å². The molecule has 0 bridgehead atoms. The number of hydrogen-bond acceptors (Lipinski definition) is 5. The maximum atomic E-state index is 12.1. The summed E-state index contributed by atoms with van der Waals surface area (Å²) in [6.07, 6.45) is 1.61. The number of carbonyl (C=O) groups is 2. The number of benzene rings is 1. The molecule has 1 aliphatic heterocycles. The van der Waals surface area contributed by atoms with Gasteiger partial charge in [-0.15, -0.1) is 0 Å². The zero-order chi connectivity index (χ0) is 20.1. The van der Waals surface area contributed by atoms with Crippen molar-refractivity contribution in [3.8, 4) is 0 Å². The summed E-state index contributed by atoms with van der Waals surface area (Å²) < 4.78 is 0. The number of halogens is 2. The zero-order valence-electron chi connectivity index (χ0n) is 15.4. The summed E-state index contributed by atoms with van der Waals surface area (Å²) in [4.78, 5) is 33.1. The lowest BCUT2D eigenvalue weighted by Gasteiger charge is -2.33. The molecule has 2 amide bonds. The first-order valence-corrected chi connectivity index (χ1v) is 9.60. The number of nitrogens with zero attached hydrogens (tertiary/aromatic N) is 3. The number of pyridine rings is 1. The number of aromatic nitrogens is 1. The van der Waals surface area contributed by atoms with E-state index in [1.807, 2.05) is 6.07 Å². The Balaban J connectivity index is 1.50. The Hall–Kier alpha value is -2.35. The number of anilines is 2. The molecule has 0 saturated carbocycles. The van der Waals surface area contributed by atoms with Crippen LogP contribution in [0.5, 0.6) is 0 Å². The number of likely N-dealkylation sites (N-methyl/N-ethyl adjacent to an activating group) is 1. The number of amides is 2. The number of hydrogen-bond donors (Lipinski definition) is 2. The van der Waals surface area contributed by atoms with Crippen LogP contribution in [-0.2, 0) is 4.79 Å². The van der Waals surface area contributed by atoms with Crippen LogP contribution in [0.3, 0.4) is 0 Å². The van der Waals surface area contributed by atoms with E-state index in [1.165, 1.54) is 12.1 Å². The molecule has 1 aromatic heterocycles. The quantitative estimate of drug-likeness (QED) is 0.775. The second kappa shape index (κ2) is 9.23. The zero-order valence-corrected chi connectivity index (χ0v) is 16.9. The van der Waals surface area contributed by atoms with E-state index in [9.17, 15) is 9.59 Å². The Bertz CT molecular complexity index is 852. The van der Waals surface area contributed by atoms with Gasteiger partial charge in [-0.2, -0.15) is 0 Å². The van der Waals surface area contributed by atoms with Gasteiger partial charge < -0.3 is 20.4 Å². The van der Waals surface area contributed by atoms with Crippen molar-refractivity contribution >= 4 is 46.5 Å². The van der Waals surface area contributed by atoms with Crippen molar-refractivity contribution in [2.75, 3.05) is 50.0 Å². The molecule has 2 aromatic rings. The number of carbonyl (C=O) groups excluding carboxylic acids is 2. The number of piperazine rings is 1. The van der Waals surface area contributed by atoms with E-state index in [1.54, 1.807) is 18.3 Å². The predicted octanol–water partition coefficient (Wildman–Crippen LogP) is 2.51. The molecule has 9 heteroatoms. The summed E-state index contributed by atoms with van der Waals surface area (Å²) in [5, 5.41) is 5.91. The predicted molar refractivity (Wildman–Crippen MR) is 111 cm³/mol. The van der Waals surface area contributed by atoms with Crippen LogP contribution in [0.4, 0.5) is 11.5 Å². The monoisotopic (exact) mass is 421 g/mol. The minimum absolute atomic E-state index is 0.183. The topological polar surface area (TPSA) is 77.6 Å². The first-order valence-electron chi connectivity index (χ1n) is 8.85. The Morgan fingerprint density at radius 2 is 1.86 bits per heavy atom. The van der Waals surface area contributed by atoms with Gasteiger partial charge in [0.2, 0.25) is 5.91 Å². The lowest BCUT2D eigenvalue weighted by Crippen LogP contribution is -2.44. The van der Waals surface area contributed by atoms with Gasteiger partial charge in [0.15, 0.2) is 0 Å². The van der Waals surface area contributed by atoms with Gasteiger partial charge in [-0.05, 0) is 37.4 Å². The third-order valence-corrected chi connectivity index (χ3v) is 4.99. The van der Waals surface area contributed by atoms with Gasteiger partial charge in [0.25, 0.3) is 5.91 Å². The molecule has 1 saturated heterocycles. The first-order chi connectivity index (χ1) is 13.4. The molecule has 1 aromatic carbocycles. The van der Waals surface area contributed by atoms with Crippen LogP contribution in [0.2, 0.25) is 10.0 Å². The largest absolute Gasteiger partial charge is 0.354 e. The van der Waals surface area contributed by atoms with Crippen molar-refractivity contribution in [2.45, 2.75) is 0 Å². The molecule has 0 spiro atoms. The van der Waals surface area contributed by atoms with Crippen molar-refractivity contribution in [2.24, 2.45) is 0 Å². The fraction of sp³-hybridized carbons (Fsp3) is 0.316. The van der Waals surface area contributed by atoms with Crippen LogP contribution < -0.4 is 15.5 Å². The number of rotatable bonds is 5. The Morgan fingerprint density at radius 1 is 1.11 bits per heavy atom. The van der Waals surface area contributed by atoms with E-state index in [2.05, 4.69) is 32.5 Å². The third kappa shape index (κ3) is 5.34. The smallest absolute Gasteiger partial charge is 0.253 e. The Morgan fingerprint density at radius 3 is 2.50 bits per heavy atom. The van der Waals surface area contributed by atoms with Crippen molar-refractivity contribution in [1.29, 1.82) is 0 Å². The summed E-state index contributed by atoms with van der Waals surface area (Å²) in [6.45, 7) is 3.66. The van der Waals surface area contributed by atoms with Crippen molar-refractivity contribution in [1.82, 2.24) is 15.2 Å². The maximum absolute atomic E-state index is 12.1. The third-order valence-electron chi connectivity index (χ3n) is 4.44. The highest BCUT2D eigenvalue weighted by molar-refractivity contribution is 6.36. The summed E-state index contributed by atoms with van der Waals surface area (Å²) >= 11 is 11.8. The lowest BCUT2D eigenvalue weighted by molar-refractivity contribution is -0.115. The van der Waals surface area contributed by atoms with Crippen molar-refractivity contribution in [3.05, 3.63) is 52.1 Å². The maximum Gasteiger partial charge on any atom is 0.253 e. The standard InChI is InChI=1S/C19H21Cl2N5O2/c1-25-6-8-26(9-7-25)17-5-3-14(11-22-17)24-18(27)12-23-19(28)15-4-2-13(20)10-16(15)21/h2-5,10-11H,6-9,12H2,1H3,(H,23,28)(H,24,27). The summed E-state index contributed by atoms with van der Waals surface area (Å²) in [5.41, 5.74) is 0.832. The van der Waals surface area contributed by atoms with Crippen LogP contribution in [0, 0.1) is 0 Å². The van der Waals surface area contributed by atoms with E-state index in [0.29, 0.717) is 10.7 Å². The van der Waals surface area contributed by atoms with Crippen LogP contribution >= 0.6 is 23.2 Å². The van der Waals surface area contributed by atoms with Crippen LogP contribution in [-0.4, -0.2) is 61.5 Å². The van der Waals surface area contributed by atoms with Crippen LogP contribution in [0.15, 0.2) is 36.5 Å². The normalized spacial score (nSPS) is 14.6. The van der Waals surface area contributed by atoms with E-state index in [0.717, 1.165) is 32.0 Å². The molecule has 1 fully saturated rings. The van der Waals surface area contributed by atoms with Gasteiger partial charge in [-0.1, -0.05) is 23.2 Å². The van der Waals surface area contributed by atoms with Crippen molar-refractivity contribution in [3.63, 3.8) is 0 Å². The molecule has 0 aliphatic carbocycles. The SMILES string of the molecule is CN1CCN(c2ccc(NC(=O)CNC(=O)c3ccc(Cl)cc3Cl)cn2)CC1. The van der Waals surface area contributed by atoms with Gasteiger partial charge in [-0.3, -0.25) is 9.59 Å². The average Bonchev–Trinajstić information content (AvgIpc) is 2.67. The molecule has 2 N–H and O–H groups in total. The molecule has 3 rings (SSSR count). The molecule has 2 heterocycles. The minimum atomic E-state index is -0.444. The van der Waals surface area contributed by atoms with Crippen molar-refractivity contribution < 1.29 is 9.59 Å². The van der Waals surface area contributed by atoms with Gasteiger partial charge in [0, 0.05) is 31.2 Å². The highest BCUT2D eigenvalue weighted by Crippen LogP contribution is 2.20. The molecular formula is C19H21Cl2N5O2. The highest BCUT2D eigenvalue weighted by Gasteiger charge is 2.15. The number of nitrogens with one attached hydrogen (secondary N) is 2. The fourth-order valence-corrected chi connectivity index (χ4v) is 3.31. The Kier molecular flexibility index (Phi) is 6.72. The summed E-state index contributed by atoms with van der Waals surface area (Å²) in [7, 11) is 2.10. The molecule has 1 aliphatic rings. The molecule has 148 valence electrons. The molecule has 28 heavy (non-hydrogen) atoms. The first kappa shape index (κ1) is 20.4. The van der Waals surface area contributed by atoms with E-state index in [-0.39, 0.29) is 23.0 Å². The molecule has 7 nitrogen and oxygen atoms in total. The lowest BCUT2D eigenvalue weighted by atomic mass is 10.2. The van der Waals surface area contributed by atoms with Gasteiger partial charge >= 0.3 is 0 Å². The molecule has 0 unspecified atom stereocenters.